The number of nitrogens with zero attached hydrogens (tertiary/aromatic N) is 2. The number of rotatable bonds is 1. The van der Waals surface area contributed by atoms with Crippen molar-refractivity contribution in [2.24, 2.45) is 5.73 Å². The van der Waals surface area contributed by atoms with E-state index in [2.05, 4.69) is 0 Å². The van der Waals surface area contributed by atoms with Crippen LogP contribution >= 0.6 is 12.4 Å². The molecular formula is C12H24ClN3O2. The van der Waals surface area contributed by atoms with E-state index in [0.717, 1.165) is 19.4 Å². The Morgan fingerprint density at radius 2 is 1.94 bits per heavy atom. The van der Waals surface area contributed by atoms with Gasteiger partial charge in [0.1, 0.15) is 0 Å². The van der Waals surface area contributed by atoms with Crippen LogP contribution in [0.1, 0.15) is 26.2 Å². The van der Waals surface area contributed by atoms with E-state index >= 15 is 0 Å². The Balaban J connectivity index is 0.00000162. The number of amides is 2. The zero-order chi connectivity index (χ0) is 12.3. The smallest absolute Gasteiger partial charge is 0.320 e. The Hall–Kier alpha value is -0.520. The van der Waals surface area contributed by atoms with Gasteiger partial charge in [0, 0.05) is 31.7 Å². The summed E-state index contributed by atoms with van der Waals surface area (Å²) >= 11 is 0. The van der Waals surface area contributed by atoms with Crippen molar-refractivity contribution in [2.45, 2.75) is 38.3 Å². The molecule has 2 aliphatic heterocycles. The Kier molecular flexibility index (Phi) is 6.18. The van der Waals surface area contributed by atoms with E-state index in [1.807, 2.05) is 16.7 Å². The fraction of sp³-hybridized carbons (Fsp3) is 0.917. The Labute approximate surface area is 115 Å². The summed E-state index contributed by atoms with van der Waals surface area (Å²) in [6.07, 6.45) is 3.31. The molecule has 0 saturated carbocycles. The van der Waals surface area contributed by atoms with Gasteiger partial charge in [-0.05, 0) is 26.2 Å². The quantitative estimate of drug-likeness (QED) is 0.780. The Morgan fingerprint density at radius 3 is 2.56 bits per heavy atom. The molecule has 0 spiro atoms. The number of likely N-dealkylation sites (tertiary alicyclic amines) is 1. The molecule has 2 heterocycles. The molecule has 5 nitrogen and oxygen atoms in total. The summed E-state index contributed by atoms with van der Waals surface area (Å²) < 4.78 is 5.27. The van der Waals surface area contributed by atoms with Gasteiger partial charge in [-0.15, -0.1) is 12.4 Å². The van der Waals surface area contributed by atoms with E-state index in [1.165, 1.54) is 6.42 Å². The van der Waals surface area contributed by atoms with Gasteiger partial charge in [-0.25, -0.2) is 4.79 Å². The summed E-state index contributed by atoms with van der Waals surface area (Å²) in [6, 6.07) is 0.412. The summed E-state index contributed by atoms with van der Waals surface area (Å²) in [5.41, 5.74) is 5.99. The van der Waals surface area contributed by atoms with Crippen molar-refractivity contribution in [3.63, 3.8) is 0 Å². The highest BCUT2D eigenvalue weighted by Crippen LogP contribution is 2.20. The molecule has 0 aromatic heterocycles. The number of morpholine rings is 1. The van der Waals surface area contributed by atoms with E-state index in [4.69, 9.17) is 10.5 Å². The van der Waals surface area contributed by atoms with Crippen LogP contribution in [-0.2, 0) is 4.74 Å². The molecule has 0 aromatic carbocycles. The molecule has 2 aliphatic rings. The van der Waals surface area contributed by atoms with Crippen LogP contribution in [0.15, 0.2) is 0 Å². The third-order valence-electron chi connectivity index (χ3n) is 3.68. The lowest BCUT2D eigenvalue weighted by Crippen LogP contribution is -2.57. The van der Waals surface area contributed by atoms with E-state index in [-0.39, 0.29) is 30.5 Å². The van der Waals surface area contributed by atoms with Gasteiger partial charge in [0.05, 0.1) is 13.2 Å². The monoisotopic (exact) mass is 277 g/mol. The number of hydrogen-bond donors (Lipinski definition) is 1. The second-order valence-electron chi connectivity index (χ2n) is 5.00. The van der Waals surface area contributed by atoms with Crippen LogP contribution in [0.5, 0.6) is 0 Å². The fourth-order valence-electron chi connectivity index (χ4n) is 2.68. The SMILES string of the molecule is CC(N)C1CCCCN1C(=O)N1CCOCC1.Cl. The predicted molar refractivity (Wildman–Crippen MR) is 73.0 cm³/mol. The van der Waals surface area contributed by atoms with Crippen LogP contribution in [0.4, 0.5) is 4.79 Å². The van der Waals surface area contributed by atoms with Crippen LogP contribution in [0.2, 0.25) is 0 Å². The number of carbonyl (C=O) groups excluding carboxylic acids is 1. The lowest BCUT2D eigenvalue weighted by Gasteiger charge is -2.41. The number of nitrogens with two attached hydrogens (primary N) is 1. The maximum atomic E-state index is 12.4. The van der Waals surface area contributed by atoms with E-state index < -0.39 is 0 Å². The lowest BCUT2D eigenvalue weighted by atomic mass is 9.97. The molecule has 2 N–H and O–H groups in total. The zero-order valence-electron chi connectivity index (χ0n) is 11.0. The predicted octanol–water partition coefficient (Wildman–Crippen LogP) is 1.06. The van der Waals surface area contributed by atoms with Crippen molar-refractivity contribution in [3.8, 4) is 0 Å². The molecular weight excluding hydrogens is 254 g/mol. The number of hydrogen-bond acceptors (Lipinski definition) is 3. The molecule has 2 rings (SSSR count). The summed E-state index contributed by atoms with van der Waals surface area (Å²) in [5.74, 6) is 0. The number of carbonyl (C=O) groups is 1. The molecule has 2 atom stereocenters. The Morgan fingerprint density at radius 1 is 1.28 bits per heavy atom. The van der Waals surface area contributed by atoms with Gasteiger partial charge in [-0.3, -0.25) is 0 Å². The van der Waals surface area contributed by atoms with E-state index in [9.17, 15) is 4.79 Å². The molecule has 0 aromatic rings. The average molecular weight is 278 g/mol. The highest BCUT2D eigenvalue weighted by Gasteiger charge is 2.32. The summed E-state index contributed by atoms with van der Waals surface area (Å²) in [4.78, 5) is 16.3. The molecule has 2 amide bonds. The summed E-state index contributed by atoms with van der Waals surface area (Å²) in [7, 11) is 0. The molecule has 2 unspecified atom stereocenters. The van der Waals surface area contributed by atoms with Gasteiger partial charge < -0.3 is 20.3 Å². The fourth-order valence-corrected chi connectivity index (χ4v) is 2.68. The summed E-state index contributed by atoms with van der Waals surface area (Å²) in [6.45, 7) is 5.57. The number of piperidine rings is 1. The van der Waals surface area contributed by atoms with E-state index in [0.29, 0.717) is 26.3 Å². The standard InChI is InChI=1S/C12H23N3O2.ClH/c1-10(13)11-4-2-3-5-15(11)12(16)14-6-8-17-9-7-14;/h10-11H,2-9,13H2,1H3;1H. The normalized spacial score (nSPS) is 26.4. The first-order valence-corrected chi connectivity index (χ1v) is 6.59. The van der Waals surface area contributed by atoms with Crippen molar-refractivity contribution < 1.29 is 9.53 Å². The minimum Gasteiger partial charge on any atom is -0.378 e. The van der Waals surface area contributed by atoms with Crippen LogP contribution in [0, 0.1) is 0 Å². The molecule has 6 heteroatoms. The van der Waals surface area contributed by atoms with Gasteiger partial charge >= 0.3 is 6.03 Å². The van der Waals surface area contributed by atoms with Gasteiger partial charge in [0.25, 0.3) is 0 Å². The van der Waals surface area contributed by atoms with Crippen LogP contribution in [-0.4, -0.2) is 60.8 Å². The first kappa shape index (κ1) is 15.5. The highest BCUT2D eigenvalue weighted by molar-refractivity contribution is 5.85. The molecule has 106 valence electrons. The summed E-state index contributed by atoms with van der Waals surface area (Å²) in [5, 5.41) is 0. The maximum absolute atomic E-state index is 12.4. The molecule has 18 heavy (non-hydrogen) atoms. The molecule has 0 aliphatic carbocycles. The minimum atomic E-state index is 0. The van der Waals surface area contributed by atoms with Crippen LogP contribution < -0.4 is 5.73 Å². The van der Waals surface area contributed by atoms with Crippen molar-refractivity contribution in [2.75, 3.05) is 32.8 Å². The van der Waals surface area contributed by atoms with Crippen molar-refractivity contribution >= 4 is 18.4 Å². The number of ether oxygens (including phenoxy) is 1. The van der Waals surface area contributed by atoms with Crippen molar-refractivity contribution in [1.82, 2.24) is 9.80 Å². The minimum absolute atomic E-state index is 0. The second-order valence-corrected chi connectivity index (χ2v) is 5.00. The zero-order valence-corrected chi connectivity index (χ0v) is 11.8. The van der Waals surface area contributed by atoms with Gasteiger partial charge in [-0.1, -0.05) is 0 Å². The average Bonchev–Trinajstić information content (AvgIpc) is 2.39. The van der Waals surface area contributed by atoms with Crippen LogP contribution in [0.3, 0.4) is 0 Å². The maximum Gasteiger partial charge on any atom is 0.320 e. The largest absolute Gasteiger partial charge is 0.378 e. The first-order chi connectivity index (χ1) is 8.20. The molecule has 0 radical (unpaired) electrons. The van der Waals surface area contributed by atoms with Crippen molar-refractivity contribution in [1.29, 1.82) is 0 Å². The lowest BCUT2D eigenvalue weighted by molar-refractivity contribution is 0.0340. The first-order valence-electron chi connectivity index (χ1n) is 6.59. The topological polar surface area (TPSA) is 58.8 Å². The number of halogens is 1. The van der Waals surface area contributed by atoms with Crippen molar-refractivity contribution in [3.05, 3.63) is 0 Å². The third kappa shape index (κ3) is 3.49. The highest BCUT2D eigenvalue weighted by atomic mass is 35.5. The Bertz CT molecular complexity index is 270. The van der Waals surface area contributed by atoms with Crippen LogP contribution in [0.25, 0.3) is 0 Å². The molecule has 2 fully saturated rings. The van der Waals surface area contributed by atoms with Gasteiger partial charge in [0.2, 0.25) is 0 Å². The third-order valence-corrected chi connectivity index (χ3v) is 3.68. The van der Waals surface area contributed by atoms with E-state index in [1.54, 1.807) is 0 Å². The molecule has 0 bridgehead atoms. The van der Waals surface area contributed by atoms with Gasteiger partial charge in [0.15, 0.2) is 0 Å². The van der Waals surface area contributed by atoms with Gasteiger partial charge in [-0.2, -0.15) is 0 Å². The number of urea groups is 1. The molecule has 2 saturated heterocycles. The second kappa shape index (κ2) is 7.16.